The van der Waals surface area contributed by atoms with Gasteiger partial charge in [0.05, 0.1) is 25.2 Å². The largest absolute Gasteiger partial charge is 0.466 e. The van der Waals surface area contributed by atoms with Gasteiger partial charge in [-0.3, -0.25) is 4.79 Å². The average Bonchev–Trinajstić information content (AvgIpc) is 3.30. The van der Waals surface area contributed by atoms with Gasteiger partial charge in [-0.15, -0.1) is 0 Å². The predicted molar refractivity (Wildman–Crippen MR) is 284 cm³/mol. The van der Waals surface area contributed by atoms with Crippen molar-refractivity contribution in [1.29, 1.82) is 0 Å². The quantitative estimate of drug-likeness (QED) is 0.0354. The number of nitrogens with zero attached hydrogens (tertiary/aromatic N) is 2. The van der Waals surface area contributed by atoms with E-state index in [2.05, 4.69) is 48.1 Å². The van der Waals surface area contributed by atoms with E-state index in [0.717, 1.165) is 65.0 Å². The van der Waals surface area contributed by atoms with Crippen molar-refractivity contribution < 1.29 is 19.7 Å². The normalized spacial score (nSPS) is 12.8. The average molecular weight is 924 g/mol. The zero-order chi connectivity index (χ0) is 47.4. The maximum Gasteiger partial charge on any atom is 0.307 e. The Morgan fingerprint density at radius 3 is 1.00 bits per heavy atom. The minimum Gasteiger partial charge on any atom is -0.466 e. The molecule has 2 atom stereocenters. The van der Waals surface area contributed by atoms with E-state index in [0.29, 0.717) is 39.2 Å². The standard InChI is InChI=1S/C57H118N4O4/c1-5-9-12-15-18-21-24-27-30-33-36-39-46-60(53-55(62)51-58-8-4)48-41-42-49-61(47-40-37-34-31-28-25-22-19-16-13-10-6-2)54-56(63)52-59-45-44-57(64)65-50-43-38-35-32-29-26-23-20-17-14-11-7-3/h55-56,58-59,62-63H,5-54H2,1-4H3. The smallest absolute Gasteiger partial charge is 0.307 e. The molecule has 0 radical (unpaired) electrons. The Morgan fingerprint density at radius 1 is 0.400 bits per heavy atom. The van der Waals surface area contributed by atoms with Gasteiger partial charge in [0.15, 0.2) is 0 Å². The van der Waals surface area contributed by atoms with Crippen LogP contribution in [0.4, 0.5) is 0 Å². The fraction of sp³-hybridized carbons (Fsp3) is 0.982. The number of rotatable bonds is 56. The van der Waals surface area contributed by atoms with Crippen LogP contribution in [0.25, 0.3) is 0 Å². The third-order valence-corrected chi connectivity index (χ3v) is 13.6. The molecule has 0 spiro atoms. The van der Waals surface area contributed by atoms with Crippen LogP contribution in [-0.2, 0) is 9.53 Å². The molecule has 0 aliphatic heterocycles. The highest BCUT2D eigenvalue weighted by atomic mass is 16.5. The number of hydrogen-bond acceptors (Lipinski definition) is 8. The van der Waals surface area contributed by atoms with Crippen LogP contribution in [0.2, 0.25) is 0 Å². The van der Waals surface area contributed by atoms with Gasteiger partial charge in [-0.1, -0.05) is 240 Å². The SMILES string of the molecule is CCCCCCCCCCCCCCOC(=O)CCNCC(O)CN(CCCCCCCCCCCCCC)CCCCN(CCCCCCCCCCCCCC)CC(O)CNCC. The number of esters is 1. The third-order valence-electron chi connectivity index (χ3n) is 13.6. The van der Waals surface area contributed by atoms with E-state index in [1.54, 1.807) is 0 Å². The maximum absolute atomic E-state index is 12.4. The Balaban J connectivity index is 4.65. The van der Waals surface area contributed by atoms with Gasteiger partial charge in [0.2, 0.25) is 0 Å². The molecule has 0 aromatic heterocycles. The zero-order valence-corrected chi connectivity index (χ0v) is 44.6. The van der Waals surface area contributed by atoms with Crippen LogP contribution in [0.15, 0.2) is 0 Å². The number of aliphatic hydroxyl groups is 2. The van der Waals surface area contributed by atoms with Crippen molar-refractivity contribution in [3.05, 3.63) is 0 Å². The second-order valence-corrected chi connectivity index (χ2v) is 20.3. The summed E-state index contributed by atoms with van der Waals surface area (Å²) >= 11 is 0. The predicted octanol–water partition coefficient (Wildman–Crippen LogP) is 14.3. The first-order valence-electron chi connectivity index (χ1n) is 29.3. The van der Waals surface area contributed by atoms with Crippen LogP contribution in [0.1, 0.15) is 278 Å². The molecule has 4 N–H and O–H groups in total. The van der Waals surface area contributed by atoms with Crippen LogP contribution in [0.3, 0.4) is 0 Å². The van der Waals surface area contributed by atoms with Crippen molar-refractivity contribution in [3.8, 4) is 0 Å². The lowest BCUT2D eigenvalue weighted by Crippen LogP contribution is -2.40. The van der Waals surface area contributed by atoms with Crippen molar-refractivity contribution in [2.75, 3.05) is 72.1 Å². The molecule has 0 amide bonds. The van der Waals surface area contributed by atoms with Gasteiger partial charge in [-0.25, -0.2) is 0 Å². The summed E-state index contributed by atoms with van der Waals surface area (Å²) in [4.78, 5) is 17.4. The lowest BCUT2D eigenvalue weighted by Gasteiger charge is -2.27. The fourth-order valence-electron chi connectivity index (χ4n) is 9.31. The van der Waals surface area contributed by atoms with Gasteiger partial charge < -0.3 is 35.4 Å². The molecule has 0 aromatic rings. The molecular formula is C57H118N4O4. The molecule has 0 aliphatic carbocycles. The van der Waals surface area contributed by atoms with Gasteiger partial charge in [-0.2, -0.15) is 0 Å². The van der Waals surface area contributed by atoms with E-state index in [-0.39, 0.29) is 12.1 Å². The van der Waals surface area contributed by atoms with E-state index < -0.39 is 6.10 Å². The lowest BCUT2D eigenvalue weighted by atomic mass is 10.1. The fourth-order valence-corrected chi connectivity index (χ4v) is 9.31. The molecule has 0 aliphatic rings. The van der Waals surface area contributed by atoms with E-state index in [1.807, 2.05) is 0 Å². The number of ether oxygens (including phenoxy) is 1. The first-order chi connectivity index (χ1) is 32.0. The minimum atomic E-state index is -0.465. The number of hydrogen-bond donors (Lipinski definition) is 4. The van der Waals surface area contributed by atoms with Crippen LogP contribution in [-0.4, -0.2) is 110 Å². The molecule has 0 saturated carbocycles. The molecule has 0 aromatic carbocycles. The van der Waals surface area contributed by atoms with E-state index in [4.69, 9.17) is 4.74 Å². The summed E-state index contributed by atoms with van der Waals surface area (Å²) < 4.78 is 5.52. The molecule has 0 rings (SSSR count). The molecule has 8 nitrogen and oxygen atoms in total. The first kappa shape index (κ1) is 64.2. The van der Waals surface area contributed by atoms with Gasteiger partial charge in [0, 0.05) is 32.7 Å². The van der Waals surface area contributed by atoms with Crippen molar-refractivity contribution in [1.82, 2.24) is 20.4 Å². The van der Waals surface area contributed by atoms with Gasteiger partial charge in [0.25, 0.3) is 0 Å². The van der Waals surface area contributed by atoms with E-state index in [9.17, 15) is 15.0 Å². The number of carbonyl (C=O) groups excluding carboxylic acids is 1. The Hall–Kier alpha value is -0.770. The lowest BCUT2D eigenvalue weighted by molar-refractivity contribution is -0.143. The number of nitrogens with one attached hydrogen (secondary N) is 2. The summed E-state index contributed by atoms with van der Waals surface area (Å²) in [5.41, 5.74) is 0. The zero-order valence-electron chi connectivity index (χ0n) is 44.6. The third kappa shape index (κ3) is 50.9. The summed E-state index contributed by atoms with van der Waals surface area (Å²) in [5, 5.41) is 28.6. The first-order valence-corrected chi connectivity index (χ1v) is 29.3. The van der Waals surface area contributed by atoms with E-state index in [1.165, 1.54) is 218 Å². The topological polar surface area (TPSA) is 97.3 Å². The number of aliphatic hydroxyl groups excluding tert-OH is 2. The maximum atomic E-state index is 12.4. The second-order valence-electron chi connectivity index (χ2n) is 20.3. The second kappa shape index (κ2) is 54.2. The molecule has 2 unspecified atom stereocenters. The number of unbranched alkanes of at least 4 members (excludes halogenated alkanes) is 34. The molecule has 390 valence electrons. The van der Waals surface area contributed by atoms with Crippen molar-refractivity contribution in [2.24, 2.45) is 0 Å². The van der Waals surface area contributed by atoms with Crippen LogP contribution in [0, 0.1) is 0 Å². The van der Waals surface area contributed by atoms with Crippen LogP contribution < -0.4 is 10.6 Å². The molecule has 8 heteroatoms. The monoisotopic (exact) mass is 923 g/mol. The van der Waals surface area contributed by atoms with Crippen LogP contribution >= 0.6 is 0 Å². The van der Waals surface area contributed by atoms with Gasteiger partial charge in [0.1, 0.15) is 0 Å². The van der Waals surface area contributed by atoms with Crippen molar-refractivity contribution in [3.63, 3.8) is 0 Å². The molecule has 0 saturated heterocycles. The van der Waals surface area contributed by atoms with Crippen molar-refractivity contribution >= 4 is 5.97 Å². The summed E-state index contributed by atoms with van der Waals surface area (Å²) in [5.74, 6) is -0.134. The minimum absolute atomic E-state index is 0.134. The molecule has 0 bridgehead atoms. The van der Waals surface area contributed by atoms with Gasteiger partial charge >= 0.3 is 5.97 Å². The summed E-state index contributed by atoms with van der Waals surface area (Å²) in [6.45, 7) is 17.6. The Kier molecular flexibility index (Phi) is 53.5. The Morgan fingerprint density at radius 2 is 0.677 bits per heavy atom. The van der Waals surface area contributed by atoms with Gasteiger partial charge in [-0.05, 0) is 64.8 Å². The Labute approximate surface area is 407 Å². The highest BCUT2D eigenvalue weighted by molar-refractivity contribution is 5.69. The van der Waals surface area contributed by atoms with E-state index >= 15 is 0 Å². The summed E-state index contributed by atoms with van der Waals surface area (Å²) in [6, 6.07) is 0. The Bertz CT molecular complexity index is 912. The molecule has 65 heavy (non-hydrogen) atoms. The summed E-state index contributed by atoms with van der Waals surface area (Å²) in [7, 11) is 0. The molecule has 0 fully saturated rings. The molecular weight excluding hydrogens is 805 g/mol. The highest BCUT2D eigenvalue weighted by Crippen LogP contribution is 2.15. The highest BCUT2D eigenvalue weighted by Gasteiger charge is 2.15. The number of likely N-dealkylation sites (N-methyl/N-ethyl adjacent to an activating group) is 1. The van der Waals surface area contributed by atoms with Crippen LogP contribution in [0.5, 0.6) is 0 Å². The molecule has 0 heterocycles. The summed E-state index contributed by atoms with van der Waals surface area (Å²) in [6.07, 6.45) is 49.9. The number of carbonyl (C=O) groups is 1. The van der Waals surface area contributed by atoms with Crippen molar-refractivity contribution in [2.45, 2.75) is 290 Å².